The maximum absolute atomic E-state index is 8.93. The zero-order valence-corrected chi connectivity index (χ0v) is 9.54. The summed E-state index contributed by atoms with van der Waals surface area (Å²) in [7, 11) is 0. The average molecular weight is 236 g/mol. The highest BCUT2D eigenvalue weighted by atomic mass is 32.1. The fourth-order valence-electron chi connectivity index (χ4n) is 1.93. The van der Waals surface area contributed by atoms with Gasteiger partial charge < -0.3 is 14.4 Å². The van der Waals surface area contributed by atoms with E-state index in [-0.39, 0.29) is 6.61 Å². The maximum atomic E-state index is 8.93. The van der Waals surface area contributed by atoms with Crippen LogP contribution in [0.2, 0.25) is 0 Å². The van der Waals surface area contributed by atoms with E-state index in [1.807, 2.05) is 11.3 Å². The molecule has 5 heteroatoms. The van der Waals surface area contributed by atoms with E-state index in [1.165, 1.54) is 16.7 Å². The molecule has 0 saturated heterocycles. The van der Waals surface area contributed by atoms with E-state index in [4.69, 9.17) is 9.52 Å². The molecule has 0 amide bonds. The fourth-order valence-corrected chi connectivity index (χ4v) is 2.82. The Morgan fingerprint density at radius 2 is 2.50 bits per heavy atom. The zero-order chi connectivity index (χ0) is 11.0. The van der Waals surface area contributed by atoms with Crippen LogP contribution in [0.25, 0.3) is 0 Å². The standard InChI is InChI=1S/C11H12N2O2S/c14-6-9-7-15-11(12-9)13-3-1-10-8(5-13)2-4-16-10/h2,4,7,14H,1,3,5-6H2. The second-order valence-electron chi connectivity index (χ2n) is 3.82. The first-order valence-corrected chi connectivity index (χ1v) is 6.10. The molecule has 1 aliphatic heterocycles. The summed E-state index contributed by atoms with van der Waals surface area (Å²) in [5, 5.41) is 11.1. The summed E-state index contributed by atoms with van der Waals surface area (Å²) in [4.78, 5) is 7.79. The van der Waals surface area contributed by atoms with Crippen molar-refractivity contribution >= 4 is 17.4 Å². The van der Waals surface area contributed by atoms with E-state index >= 15 is 0 Å². The number of oxazole rings is 1. The molecule has 0 spiro atoms. The summed E-state index contributed by atoms with van der Waals surface area (Å²) in [5.74, 6) is 0. The molecule has 0 fully saturated rings. The van der Waals surface area contributed by atoms with Crippen molar-refractivity contribution in [2.45, 2.75) is 19.6 Å². The molecule has 4 nitrogen and oxygen atoms in total. The third-order valence-electron chi connectivity index (χ3n) is 2.78. The molecule has 3 heterocycles. The van der Waals surface area contributed by atoms with Crippen molar-refractivity contribution in [2.75, 3.05) is 11.4 Å². The van der Waals surface area contributed by atoms with Crippen LogP contribution in [0.1, 0.15) is 16.1 Å². The molecule has 0 unspecified atom stereocenters. The Balaban J connectivity index is 1.83. The minimum atomic E-state index is -0.0684. The van der Waals surface area contributed by atoms with Crippen molar-refractivity contribution in [3.8, 4) is 0 Å². The Hall–Kier alpha value is -1.33. The third-order valence-corrected chi connectivity index (χ3v) is 3.80. The highest BCUT2D eigenvalue weighted by molar-refractivity contribution is 7.10. The number of aliphatic hydroxyl groups is 1. The Kier molecular flexibility index (Phi) is 2.41. The Morgan fingerprint density at radius 1 is 1.56 bits per heavy atom. The zero-order valence-electron chi connectivity index (χ0n) is 8.72. The van der Waals surface area contributed by atoms with Gasteiger partial charge in [-0.1, -0.05) is 0 Å². The van der Waals surface area contributed by atoms with E-state index in [9.17, 15) is 0 Å². The van der Waals surface area contributed by atoms with Gasteiger partial charge in [-0.25, -0.2) is 0 Å². The molecule has 1 N–H and O–H groups in total. The molecule has 2 aromatic rings. The van der Waals surface area contributed by atoms with Crippen LogP contribution in [-0.4, -0.2) is 16.6 Å². The maximum Gasteiger partial charge on any atom is 0.297 e. The number of thiophene rings is 1. The number of hydrogen-bond acceptors (Lipinski definition) is 5. The van der Waals surface area contributed by atoms with Crippen LogP contribution in [0.3, 0.4) is 0 Å². The molecule has 84 valence electrons. The van der Waals surface area contributed by atoms with E-state index in [1.54, 1.807) is 0 Å². The van der Waals surface area contributed by atoms with Crippen LogP contribution in [-0.2, 0) is 19.6 Å². The van der Waals surface area contributed by atoms with Gasteiger partial charge in [0.05, 0.1) is 6.61 Å². The van der Waals surface area contributed by atoms with E-state index in [2.05, 4.69) is 21.3 Å². The molecule has 0 aliphatic carbocycles. The van der Waals surface area contributed by atoms with E-state index in [0.717, 1.165) is 19.5 Å². The fraction of sp³-hybridized carbons (Fsp3) is 0.364. The van der Waals surface area contributed by atoms with Crippen molar-refractivity contribution in [3.63, 3.8) is 0 Å². The summed E-state index contributed by atoms with van der Waals surface area (Å²) in [5.41, 5.74) is 1.95. The van der Waals surface area contributed by atoms with Crippen LogP contribution in [0, 0.1) is 0 Å². The van der Waals surface area contributed by atoms with Gasteiger partial charge in [0.2, 0.25) is 0 Å². The van der Waals surface area contributed by atoms with Gasteiger partial charge in [0.1, 0.15) is 12.0 Å². The lowest BCUT2D eigenvalue weighted by Gasteiger charge is -2.25. The predicted molar refractivity (Wildman–Crippen MR) is 61.5 cm³/mol. The van der Waals surface area contributed by atoms with Crippen molar-refractivity contribution in [2.24, 2.45) is 0 Å². The van der Waals surface area contributed by atoms with Gasteiger partial charge in [-0.3, -0.25) is 0 Å². The number of aliphatic hydroxyl groups excluding tert-OH is 1. The number of nitrogens with zero attached hydrogens (tertiary/aromatic N) is 2. The summed E-state index contributed by atoms with van der Waals surface area (Å²) in [6, 6.07) is 2.77. The molecule has 0 saturated carbocycles. The van der Waals surface area contributed by atoms with Gasteiger partial charge in [-0.2, -0.15) is 4.98 Å². The summed E-state index contributed by atoms with van der Waals surface area (Å²) < 4.78 is 5.34. The summed E-state index contributed by atoms with van der Waals surface area (Å²) >= 11 is 1.81. The van der Waals surface area contributed by atoms with Crippen molar-refractivity contribution in [1.29, 1.82) is 0 Å². The van der Waals surface area contributed by atoms with Crippen molar-refractivity contribution in [3.05, 3.63) is 33.8 Å². The average Bonchev–Trinajstić information content (AvgIpc) is 2.96. The number of hydrogen-bond donors (Lipinski definition) is 1. The molecule has 16 heavy (non-hydrogen) atoms. The number of aromatic nitrogens is 1. The third kappa shape index (κ3) is 1.62. The second kappa shape index (κ2) is 3.92. The second-order valence-corrected chi connectivity index (χ2v) is 4.82. The first kappa shape index (κ1) is 9.86. The smallest absolute Gasteiger partial charge is 0.297 e. The Bertz CT molecular complexity index is 492. The molecule has 0 bridgehead atoms. The van der Waals surface area contributed by atoms with Gasteiger partial charge in [0, 0.05) is 18.0 Å². The number of rotatable bonds is 2. The highest BCUT2D eigenvalue weighted by Crippen LogP contribution is 2.27. The van der Waals surface area contributed by atoms with Gasteiger partial charge in [-0.05, 0) is 23.4 Å². The molecular formula is C11H12N2O2S. The monoisotopic (exact) mass is 236 g/mol. The van der Waals surface area contributed by atoms with Gasteiger partial charge >= 0.3 is 0 Å². The molecule has 0 atom stereocenters. The molecule has 0 aromatic carbocycles. The topological polar surface area (TPSA) is 49.5 Å². The number of anilines is 1. The first-order valence-electron chi connectivity index (χ1n) is 5.22. The molecular weight excluding hydrogens is 224 g/mol. The normalized spacial score (nSPS) is 15.2. The lowest BCUT2D eigenvalue weighted by Crippen LogP contribution is -2.29. The lowest BCUT2D eigenvalue weighted by atomic mass is 10.1. The summed E-state index contributed by atoms with van der Waals surface area (Å²) in [6.07, 6.45) is 2.56. The SMILES string of the molecule is OCc1coc(N2CCc3sccc3C2)n1. The van der Waals surface area contributed by atoms with Gasteiger partial charge in [-0.15, -0.1) is 11.3 Å². The minimum Gasteiger partial charge on any atom is -0.432 e. The molecule has 1 aliphatic rings. The van der Waals surface area contributed by atoms with Crippen molar-refractivity contribution in [1.82, 2.24) is 4.98 Å². The quantitative estimate of drug-likeness (QED) is 0.863. The lowest BCUT2D eigenvalue weighted by molar-refractivity contribution is 0.276. The van der Waals surface area contributed by atoms with Crippen LogP contribution in [0.5, 0.6) is 0 Å². The summed E-state index contributed by atoms with van der Waals surface area (Å²) in [6.45, 7) is 1.71. The van der Waals surface area contributed by atoms with E-state index in [0.29, 0.717) is 11.7 Å². The van der Waals surface area contributed by atoms with Crippen LogP contribution in [0.4, 0.5) is 6.01 Å². The molecule has 3 rings (SSSR count). The largest absolute Gasteiger partial charge is 0.432 e. The van der Waals surface area contributed by atoms with E-state index < -0.39 is 0 Å². The van der Waals surface area contributed by atoms with Gasteiger partial charge in [0.15, 0.2) is 0 Å². The number of fused-ring (bicyclic) bond motifs is 1. The van der Waals surface area contributed by atoms with Crippen LogP contribution >= 0.6 is 11.3 Å². The molecule has 0 radical (unpaired) electrons. The molecule has 2 aromatic heterocycles. The Morgan fingerprint density at radius 3 is 3.31 bits per heavy atom. The van der Waals surface area contributed by atoms with Crippen LogP contribution in [0.15, 0.2) is 22.1 Å². The van der Waals surface area contributed by atoms with Crippen LogP contribution < -0.4 is 4.90 Å². The van der Waals surface area contributed by atoms with Crippen molar-refractivity contribution < 1.29 is 9.52 Å². The minimum absolute atomic E-state index is 0.0684. The van der Waals surface area contributed by atoms with Gasteiger partial charge in [0.25, 0.3) is 6.01 Å². The Labute approximate surface area is 97.2 Å². The highest BCUT2D eigenvalue weighted by Gasteiger charge is 2.20. The first-order chi connectivity index (χ1) is 7.86. The predicted octanol–water partition coefficient (Wildman–Crippen LogP) is 1.79.